The number of carbonyl (C=O) groups is 2. The Morgan fingerprint density at radius 3 is 2.48 bits per heavy atom. The minimum Gasteiger partial charge on any atom is -0.449 e. The third-order valence-corrected chi connectivity index (χ3v) is 5.04. The Hall–Kier alpha value is -1.73. The molecule has 0 bridgehead atoms. The number of hydrogen-bond donors (Lipinski definition) is 0. The number of rotatable bonds is 8. The molecule has 27 heavy (non-hydrogen) atoms. The van der Waals surface area contributed by atoms with Crippen molar-refractivity contribution < 1.29 is 37.6 Å². The molecule has 2 rings (SSSR count). The van der Waals surface area contributed by atoms with E-state index < -0.39 is 37.8 Å². The van der Waals surface area contributed by atoms with Crippen LogP contribution in [0.3, 0.4) is 0 Å². The molecule has 1 aliphatic heterocycles. The summed E-state index contributed by atoms with van der Waals surface area (Å²) in [4.78, 5) is 23.7. The summed E-state index contributed by atoms with van der Waals surface area (Å²) in [6.07, 6.45) is -3.22. The highest BCUT2D eigenvalue weighted by molar-refractivity contribution is 7.57. The third kappa shape index (κ3) is 6.74. The van der Waals surface area contributed by atoms with E-state index in [9.17, 15) is 14.2 Å². The summed E-state index contributed by atoms with van der Waals surface area (Å²) in [6.45, 7) is 6.26. The lowest BCUT2D eigenvalue weighted by molar-refractivity contribution is -0.181. The highest BCUT2D eigenvalue weighted by atomic mass is 31.2. The summed E-state index contributed by atoms with van der Waals surface area (Å²) in [6, 6.07) is 8.39. The first-order chi connectivity index (χ1) is 12.7. The Balaban J connectivity index is 2.07. The summed E-state index contributed by atoms with van der Waals surface area (Å²) >= 11 is 0. The molecular weight excluding hydrogens is 375 g/mol. The van der Waals surface area contributed by atoms with E-state index in [-0.39, 0.29) is 19.1 Å². The second-order valence-corrected chi connectivity index (χ2v) is 9.05. The second-order valence-electron chi connectivity index (χ2n) is 6.55. The SMILES string of the molecule is CC(=O)OC1OC[C@H](OCP(C)(=O)OC(C)C)[C@H]1OC(=O)c1ccccc1. The van der Waals surface area contributed by atoms with Gasteiger partial charge in [-0.2, -0.15) is 0 Å². The van der Waals surface area contributed by atoms with Crippen LogP contribution in [0.2, 0.25) is 0 Å². The van der Waals surface area contributed by atoms with Crippen molar-refractivity contribution >= 4 is 19.3 Å². The van der Waals surface area contributed by atoms with Gasteiger partial charge in [-0.3, -0.25) is 9.36 Å². The minimum atomic E-state index is -2.99. The molecule has 8 nitrogen and oxygen atoms in total. The Morgan fingerprint density at radius 2 is 1.89 bits per heavy atom. The van der Waals surface area contributed by atoms with Crippen LogP contribution in [0.5, 0.6) is 0 Å². The number of carbonyl (C=O) groups excluding carboxylic acids is 2. The molecule has 4 atom stereocenters. The van der Waals surface area contributed by atoms with E-state index >= 15 is 0 Å². The Kier molecular flexibility index (Phi) is 7.56. The van der Waals surface area contributed by atoms with Gasteiger partial charge in [-0.05, 0) is 26.0 Å². The van der Waals surface area contributed by atoms with Crippen LogP contribution in [0.4, 0.5) is 0 Å². The van der Waals surface area contributed by atoms with E-state index in [1.807, 2.05) is 0 Å². The van der Waals surface area contributed by atoms with Crippen molar-refractivity contribution in [1.29, 1.82) is 0 Å². The molecule has 1 fully saturated rings. The van der Waals surface area contributed by atoms with Crippen LogP contribution < -0.4 is 0 Å². The molecule has 2 unspecified atom stereocenters. The normalized spacial score (nSPS) is 24.4. The maximum Gasteiger partial charge on any atom is 0.338 e. The monoisotopic (exact) mass is 400 g/mol. The fourth-order valence-electron chi connectivity index (χ4n) is 2.57. The molecule has 1 aromatic carbocycles. The van der Waals surface area contributed by atoms with Crippen LogP contribution in [0, 0.1) is 0 Å². The van der Waals surface area contributed by atoms with E-state index in [1.165, 1.54) is 13.6 Å². The molecule has 0 aliphatic carbocycles. The number of ether oxygens (including phenoxy) is 4. The second kappa shape index (κ2) is 9.46. The smallest absolute Gasteiger partial charge is 0.338 e. The lowest BCUT2D eigenvalue weighted by Crippen LogP contribution is -2.39. The summed E-state index contributed by atoms with van der Waals surface area (Å²) in [5, 5.41) is 0. The van der Waals surface area contributed by atoms with Crippen molar-refractivity contribution in [1.82, 2.24) is 0 Å². The van der Waals surface area contributed by atoms with Gasteiger partial charge in [0, 0.05) is 13.6 Å². The lowest BCUT2D eigenvalue weighted by atomic mass is 10.2. The first-order valence-electron chi connectivity index (χ1n) is 8.59. The molecule has 1 heterocycles. The topological polar surface area (TPSA) is 97.4 Å². The van der Waals surface area contributed by atoms with Crippen molar-refractivity contribution in [3.05, 3.63) is 35.9 Å². The zero-order valence-corrected chi connectivity index (χ0v) is 16.7. The molecule has 1 aliphatic rings. The zero-order chi connectivity index (χ0) is 20.0. The highest BCUT2D eigenvalue weighted by Gasteiger charge is 2.44. The molecule has 0 N–H and O–H groups in total. The first kappa shape index (κ1) is 21.6. The van der Waals surface area contributed by atoms with Crippen LogP contribution in [-0.2, 0) is 32.8 Å². The van der Waals surface area contributed by atoms with Crippen molar-refractivity contribution in [2.75, 3.05) is 19.6 Å². The van der Waals surface area contributed by atoms with Gasteiger partial charge in [-0.15, -0.1) is 0 Å². The van der Waals surface area contributed by atoms with E-state index in [2.05, 4.69) is 0 Å². The molecule has 0 spiro atoms. The molecule has 0 saturated carbocycles. The fourth-order valence-corrected chi connectivity index (χ4v) is 3.98. The average Bonchev–Trinajstić information content (AvgIpc) is 2.94. The summed E-state index contributed by atoms with van der Waals surface area (Å²) in [5.74, 6) is -1.18. The van der Waals surface area contributed by atoms with Gasteiger partial charge in [0.1, 0.15) is 12.5 Å². The molecule has 0 amide bonds. The maximum atomic E-state index is 12.4. The first-order valence-corrected chi connectivity index (χ1v) is 10.8. The van der Waals surface area contributed by atoms with Gasteiger partial charge >= 0.3 is 11.9 Å². The van der Waals surface area contributed by atoms with Gasteiger partial charge in [0.15, 0.2) is 6.10 Å². The van der Waals surface area contributed by atoms with E-state index in [4.69, 9.17) is 23.5 Å². The Labute approximate surface area is 158 Å². The van der Waals surface area contributed by atoms with Gasteiger partial charge in [0.05, 0.1) is 18.3 Å². The predicted molar refractivity (Wildman–Crippen MR) is 96.6 cm³/mol. The molecule has 0 aromatic heterocycles. The van der Waals surface area contributed by atoms with E-state index in [0.717, 1.165) is 0 Å². The van der Waals surface area contributed by atoms with Gasteiger partial charge in [-0.1, -0.05) is 18.2 Å². The van der Waals surface area contributed by atoms with Gasteiger partial charge in [0.2, 0.25) is 13.7 Å². The van der Waals surface area contributed by atoms with Crippen molar-refractivity contribution in [3.63, 3.8) is 0 Å². The van der Waals surface area contributed by atoms with Crippen LogP contribution in [0.1, 0.15) is 31.1 Å². The Bertz CT molecular complexity index is 690. The Morgan fingerprint density at radius 1 is 1.22 bits per heavy atom. The maximum absolute atomic E-state index is 12.4. The van der Waals surface area contributed by atoms with Crippen LogP contribution >= 0.6 is 7.37 Å². The predicted octanol–water partition coefficient (Wildman–Crippen LogP) is 2.81. The number of hydrogen-bond acceptors (Lipinski definition) is 8. The number of benzene rings is 1. The van der Waals surface area contributed by atoms with E-state index in [1.54, 1.807) is 44.2 Å². The molecule has 0 radical (unpaired) electrons. The van der Waals surface area contributed by atoms with E-state index in [0.29, 0.717) is 5.56 Å². The third-order valence-electron chi connectivity index (χ3n) is 3.55. The lowest BCUT2D eigenvalue weighted by Gasteiger charge is -2.24. The standard InChI is InChI=1S/C18H25O8P/c1-12(2)26-27(4,21)11-23-15-10-22-18(24-13(3)19)16(15)25-17(20)14-8-6-5-7-9-14/h5-9,12,15-16,18H,10-11H2,1-4H3/t15-,16+,18?,27?/m0/s1. The average molecular weight is 400 g/mol. The molecule has 1 aromatic rings. The quantitative estimate of drug-likeness (QED) is 0.485. The van der Waals surface area contributed by atoms with Crippen molar-refractivity contribution in [2.24, 2.45) is 0 Å². The highest BCUT2D eigenvalue weighted by Crippen LogP contribution is 2.44. The molecule has 9 heteroatoms. The van der Waals surface area contributed by atoms with Crippen LogP contribution in [0.25, 0.3) is 0 Å². The van der Waals surface area contributed by atoms with Gasteiger partial charge in [0.25, 0.3) is 0 Å². The van der Waals surface area contributed by atoms with Crippen molar-refractivity contribution in [2.45, 2.75) is 45.4 Å². The molecular formula is C18H25O8P. The van der Waals surface area contributed by atoms with Crippen LogP contribution in [-0.4, -0.2) is 56.2 Å². The van der Waals surface area contributed by atoms with Crippen molar-refractivity contribution in [3.8, 4) is 0 Å². The fraction of sp³-hybridized carbons (Fsp3) is 0.556. The largest absolute Gasteiger partial charge is 0.449 e. The van der Waals surface area contributed by atoms with Gasteiger partial charge in [-0.25, -0.2) is 4.79 Å². The molecule has 1 saturated heterocycles. The zero-order valence-electron chi connectivity index (χ0n) is 15.8. The van der Waals surface area contributed by atoms with Gasteiger partial charge < -0.3 is 23.5 Å². The summed E-state index contributed by atoms with van der Waals surface area (Å²) in [5.41, 5.74) is 0.342. The molecule has 150 valence electrons. The number of esters is 2. The summed E-state index contributed by atoms with van der Waals surface area (Å²) < 4.78 is 39.4. The minimum absolute atomic E-state index is 0.0202. The summed E-state index contributed by atoms with van der Waals surface area (Å²) in [7, 11) is -2.99. The van der Waals surface area contributed by atoms with Crippen LogP contribution in [0.15, 0.2) is 30.3 Å².